The Balaban J connectivity index is 1.98. The summed E-state index contributed by atoms with van der Waals surface area (Å²) in [4.78, 5) is 2.17. The molecule has 1 aromatic rings. The molecule has 1 aromatic carbocycles. The Hall–Kier alpha value is -1.02. The zero-order valence-corrected chi connectivity index (χ0v) is 13.0. The van der Waals surface area contributed by atoms with Crippen LogP contribution in [0.1, 0.15) is 5.56 Å². The minimum absolute atomic E-state index is 0.195. The van der Waals surface area contributed by atoms with Crippen LogP contribution in [0.3, 0.4) is 0 Å². The van der Waals surface area contributed by atoms with E-state index in [2.05, 4.69) is 4.90 Å². The van der Waals surface area contributed by atoms with E-state index in [1.165, 1.54) is 22.7 Å². The minimum atomic E-state index is -3.32. The van der Waals surface area contributed by atoms with Crippen LogP contribution >= 0.6 is 0 Å². The number of morpholine rings is 1. The third-order valence-electron chi connectivity index (χ3n) is 3.49. The van der Waals surface area contributed by atoms with Crippen molar-refractivity contribution in [2.24, 2.45) is 0 Å². The molecule has 0 amide bonds. The van der Waals surface area contributed by atoms with Crippen LogP contribution < -0.4 is 0 Å². The van der Waals surface area contributed by atoms with Gasteiger partial charge in [0, 0.05) is 32.7 Å². The van der Waals surface area contributed by atoms with Gasteiger partial charge in [0.1, 0.15) is 5.82 Å². The average molecular weight is 316 g/mol. The Kier molecular flexibility index (Phi) is 5.69. The highest BCUT2D eigenvalue weighted by Crippen LogP contribution is 2.10. The van der Waals surface area contributed by atoms with Crippen LogP contribution in [-0.2, 0) is 21.3 Å². The first-order valence-electron chi connectivity index (χ1n) is 6.95. The molecule has 2 rings (SSSR count). The topological polar surface area (TPSA) is 49.9 Å². The van der Waals surface area contributed by atoms with Crippen molar-refractivity contribution in [3.05, 3.63) is 35.6 Å². The van der Waals surface area contributed by atoms with Crippen molar-refractivity contribution < 1.29 is 17.5 Å². The lowest BCUT2D eigenvalue weighted by Crippen LogP contribution is -2.42. The molecule has 0 unspecified atom stereocenters. The number of ether oxygens (including phenoxy) is 1. The largest absolute Gasteiger partial charge is 0.379 e. The third-order valence-corrected chi connectivity index (χ3v) is 4.74. The lowest BCUT2D eigenvalue weighted by atomic mass is 10.2. The maximum atomic E-state index is 13.2. The summed E-state index contributed by atoms with van der Waals surface area (Å²) < 4.78 is 43.6. The molecule has 0 saturated carbocycles. The fourth-order valence-corrected chi connectivity index (χ4v) is 3.08. The van der Waals surface area contributed by atoms with Gasteiger partial charge in [-0.15, -0.1) is 0 Å². The predicted octanol–water partition coefficient (Wildman–Crippen LogP) is 0.920. The summed E-state index contributed by atoms with van der Waals surface area (Å²) in [5.41, 5.74) is 0.655. The second kappa shape index (κ2) is 7.31. The molecule has 118 valence electrons. The van der Waals surface area contributed by atoms with Crippen LogP contribution in [-0.4, -0.2) is 63.3 Å². The first-order valence-corrected chi connectivity index (χ1v) is 8.79. The monoisotopic (exact) mass is 316 g/mol. The number of halogens is 1. The zero-order valence-electron chi connectivity index (χ0n) is 12.2. The summed E-state index contributed by atoms with van der Waals surface area (Å²) in [5, 5.41) is 0. The van der Waals surface area contributed by atoms with Crippen LogP contribution in [0.4, 0.5) is 4.39 Å². The van der Waals surface area contributed by atoms with Crippen molar-refractivity contribution in [3.63, 3.8) is 0 Å². The Labute approximate surface area is 125 Å². The molecule has 0 aliphatic carbocycles. The van der Waals surface area contributed by atoms with Crippen molar-refractivity contribution in [1.29, 1.82) is 0 Å². The quantitative estimate of drug-likeness (QED) is 0.783. The van der Waals surface area contributed by atoms with Gasteiger partial charge in [-0.05, 0) is 17.7 Å². The van der Waals surface area contributed by atoms with Crippen LogP contribution in [0.5, 0.6) is 0 Å². The van der Waals surface area contributed by atoms with Gasteiger partial charge >= 0.3 is 0 Å². The Morgan fingerprint density at radius 3 is 2.67 bits per heavy atom. The van der Waals surface area contributed by atoms with Gasteiger partial charge in [-0.25, -0.2) is 12.8 Å². The lowest BCUT2D eigenvalue weighted by molar-refractivity contribution is 0.0361. The molecule has 0 spiro atoms. The molecular weight excluding hydrogens is 295 g/mol. The van der Waals surface area contributed by atoms with Gasteiger partial charge in [0.25, 0.3) is 0 Å². The van der Waals surface area contributed by atoms with E-state index >= 15 is 0 Å². The van der Waals surface area contributed by atoms with Crippen molar-refractivity contribution in [1.82, 2.24) is 9.21 Å². The van der Waals surface area contributed by atoms with Crippen LogP contribution in [0, 0.1) is 5.82 Å². The Morgan fingerprint density at radius 2 is 2.05 bits per heavy atom. The number of nitrogens with zero attached hydrogens (tertiary/aromatic N) is 2. The van der Waals surface area contributed by atoms with Crippen LogP contribution in [0.25, 0.3) is 0 Å². The molecule has 7 heteroatoms. The molecule has 0 radical (unpaired) electrons. The maximum absolute atomic E-state index is 13.2. The van der Waals surface area contributed by atoms with Crippen molar-refractivity contribution in [3.8, 4) is 0 Å². The summed E-state index contributed by atoms with van der Waals surface area (Å²) >= 11 is 0. The van der Waals surface area contributed by atoms with E-state index in [0.29, 0.717) is 31.9 Å². The third kappa shape index (κ3) is 5.35. The highest BCUT2D eigenvalue weighted by Gasteiger charge is 2.19. The number of rotatable bonds is 6. The molecule has 21 heavy (non-hydrogen) atoms. The molecule has 0 N–H and O–H groups in total. The highest BCUT2D eigenvalue weighted by atomic mass is 32.2. The molecule has 1 aliphatic heterocycles. The first-order chi connectivity index (χ1) is 9.95. The van der Waals surface area contributed by atoms with Gasteiger partial charge in [0.15, 0.2) is 0 Å². The number of hydrogen-bond acceptors (Lipinski definition) is 4. The predicted molar refractivity (Wildman–Crippen MR) is 78.9 cm³/mol. The molecular formula is C14H21FN2O3S. The summed E-state index contributed by atoms with van der Waals surface area (Å²) in [5.74, 6) is -0.353. The van der Waals surface area contributed by atoms with Crippen LogP contribution in [0.15, 0.2) is 24.3 Å². The number of benzene rings is 1. The van der Waals surface area contributed by atoms with E-state index < -0.39 is 10.0 Å². The molecule has 0 aromatic heterocycles. The summed E-state index contributed by atoms with van der Waals surface area (Å²) in [6, 6.07) is 6.04. The van der Waals surface area contributed by atoms with Crippen molar-refractivity contribution in [2.75, 3.05) is 45.6 Å². The molecule has 0 atom stereocenters. The molecule has 1 saturated heterocycles. The van der Waals surface area contributed by atoms with E-state index in [4.69, 9.17) is 4.74 Å². The molecule has 1 fully saturated rings. The normalized spacial score (nSPS) is 17.3. The SMILES string of the molecule is CS(=O)(=O)N(CCN1CCOCC1)Cc1cccc(F)c1. The standard InChI is InChI=1S/C14H21FN2O3S/c1-21(18,19)17(6-5-16-7-9-20-10-8-16)12-13-3-2-4-14(15)11-13/h2-4,11H,5-10,12H2,1H3. The highest BCUT2D eigenvalue weighted by molar-refractivity contribution is 7.88. The number of hydrogen-bond donors (Lipinski definition) is 0. The molecule has 1 aliphatic rings. The number of sulfonamides is 1. The van der Waals surface area contributed by atoms with Crippen molar-refractivity contribution in [2.45, 2.75) is 6.54 Å². The van der Waals surface area contributed by atoms with E-state index in [1.807, 2.05) is 0 Å². The summed E-state index contributed by atoms with van der Waals surface area (Å²) in [6.07, 6.45) is 1.19. The van der Waals surface area contributed by atoms with Gasteiger partial charge in [-0.1, -0.05) is 12.1 Å². The van der Waals surface area contributed by atoms with Gasteiger partial charge in [0.2, 0.25) is 10.0 Å². The van der Waals surface area contributed by atoms with E-state index in [9.17, 15) is 12.8 Å². The second-order valence-corrected chi connectivity index (χ2v) is 7.16. The molecule has 5 nitrogen and oxygen atoms in total. The minimum Gasteiger partial charge on any atom is -0.379 e. The molecule has 0 bridgehead atoms. The Morgan fingerprint density at radius 1 is 1.33 bits per heavy atom. The van der Waals surface area contributed by atoms with Gasteiger partial charge < -0.3 is 4.74 Å². The smallest absolute Gasteiger partial charge is 0.211 e. The van der Waals surface area contributed by atoms with E-state index in [0.717, 1.165) is 13.1 Å². The molecule has 1 heterocycles. The van der Waals surface area contributed by atoms with Gasteiger partial charge in [-0.2, -0.15) is 4.31 Å². The fourth-order valence-electron chi connectivity index (χ4n) is 2.28. The second-order valence-electron chi connectivity index (χ2n) is 5.18. The Bertz CT molecular complexity index is 559. The summed E-state index contributed by atoms with van der Waals surface area (Å²) in [6.45, 7) is 4.25. The van der Waals surface area contributed by atoms with Gasteiger partial charge in [-0.3, -0.25) is 4.90 Å². The van der Waals surface area contributed by atoms with E-state index in [1.54, 1.807) is 12.1 Å². The summed E-state index contributed by atoms with van der Waals surface area (Å²) in [7, 11) is -3.32. The van der Waals surface area contributed by atoms with Crippen molar-refractivity contribution >= 4 is 10.0 Å². The first kappa shape index (κ1) is 16.4. The van der Waals surface area contributed by atoms with Gasteiger partial charge in [0.05, 0.1) is 19.5 Å². The lowest BCUT2D eigenvalue weighted by Gasteiger charge is -2.29. The van der Waals surface area contributed by atoms with Crippen LogP contribution in [0.2, 0.25) is 0 Å². The average Bonchev–Trinajstić information content (AvgIpc) is 2.43. The maximum Gasteiger partial charge on any atom is 0.211 e. The van der Waals surface area contributed by atoms with E-state index in [-0.39, 0.29) is 12.4 Å². The zero-order chi connectivity index (χ0) is 15.3. The fraction of sp³-hybridized carbons (Fsp3) is 0.571.